The van der Waals surface area contributed by atoms with Gasteiger partial charge in [0.15, 0.2) is 5.69 Å². The number of nitrogens with one attached hydrogen (secondary N) is 1. The molecule has 0 bridgehead atoms. The molecular weight excluding hydrogens is 368 g/mol. The highest BCUT2D eigenvalue weighted by Crippen LogP contribution is 2.57. The minimum atomic E-state index is -0.407. The van der Waals surface area contributed by atoms with E-state index in [1.807, 2.05) is 18.2 Å². The van der Waals surface area contributed by atoms with E-state index in [4.69, 9.17) is 0 Å². The van der Waals surface area contributed by atoms with E-state index < -0.39 is 5.54 Å². The molecule has 0 saturated heterocycles. The molecular formula is C21H21N6O2+. The highest BCUT2D eigenvalue weighted by molar-refractivity contribution is 5.95. The predicted octanol–water partition coefficient (Wildman–Crippen LogP) is 1.66. The first kappa shape index (κ1) is 16.6. The Bertz CT molecular complexity index is 1120. The predicted molar refractivity (Wildman–Crippen MR) is 101 cm³/mol. The molecule has 0 radical (unpaired) electrons. The summed E-state index contributed by atoms with van der Waals surface area (Å²) in [5.74, 6) is 1.39. The van der Waals surface area contributed by atoms with Gasteiger partial charge in [0.05, 0.1) is 23.1 Å². The van der Waals surface area contributed by atoms with Gasteiger partial charge in [-0.2, -0.15) is 5.10 Å². The first-order valence-corrected chi connectivity index (χ1v) is 10.1. The number of nitrogens with zero attached hydrogens (tertiary/aromatic N) is 5. The van der Waals surface area contributed by atoms with Crippen molar-refractivity contribution in [2.45, 2.75) is 43.6 Å². The summed E-state index contributed by atoms with van der Waals surface area (Å²) in [6.45, 7) is 0. The number of amides is 1. The highest BCUT2D eigenvalue weighted by atomic mass is 16.5. The van der Waals surface area contributed by atoms with Gasteiger partial charge in [0.2, 0.25) is 12.0 Å². The Balaban J connectivity index is 1.38. The van der Waals surface area contributed by atoms with Crippen LogP contribution in [0.3, 0.4) is 0 Å². The molecule has 3 heterocycles. The summed E-state index contributed by atoms with van der Waals surface area (Å²) in [6, 6.07) is 5.82. The number of hydrogen-bond donors (Lipinski definition) is 2. The Morgan fingerprint density at radius 2 is 2.17 bits per heavy atom. The number of hydrogen-bond acceptors (Lipinski definition) is 5. The van der Waals surface area contributed by atoms with Crippen LogP contribution >= 0.6 is 0 Å². The zero-order chi connectivity index (χ0) is 19.6. The van der Waals surface area contributed by atoms with E-state index in [1.165, 1.54) is 18.6 Å². The van der Waals surface area contributed by atoms with Gasteiger partial charge in [0.1, 0.15) is 0 Å². The first-order valence-electron chi connectivity index (χ1n) is 10.1. The smallest absolute Gasteiger partial charge is 0.272 e. The fourth-order valence-electron chi connectivity index (χ4n) is 4.85. The molecule has 3 aliphatic carbocycles. The summed E-state index contributed by atoms with van der Waals surface area (Å²) in [5.41, 5.74) is 3.07. The lowest BCUT2D eigenvalue weighted by Gasteiger charge is -2.41. The lowest BCUT2D eigenvalue weighted by molar-refractivity contribution is -0.904. The number of rotatable bonds is 4. The van der Waals surface area contributed by atoms with Crippen molar-refractivity contribution in [3.63, 3.8) is 0 Å². The number of fused-ring (bicyclic) bond motifs is 3. The molecule has 0 aromatic carbocycles. The summed E-state index contributed by atoms with van der Waals surface area (Å²) < 4.78 is 2.70. The first-order chi connectivity index (χ1) is 14.1. The van der Waals surface area contributed by atoms with Crippen LogP contribution in [0.25, 0.3) is 5.82 Å². The third-order valence-electron chi connectivity index (χ3n) is 6.58. The number of carbonyl (C=O) groups is 1. The second kappa shape index (κ2) is 5.85. The van der Waals surface area contributed by atoms with Gasteiger partial charge in [-0.15, -0.1) is 0 Å². The third-order valence-corrected chi connectivity index (χ3v) is 6.58. The average molecular weight is 389 g/mol. The molecule has 2 atom stereocenters. The highest BCUT2D eigenvalue weighted by Gasteiger charge is 2.51. The topological polar surface area (TPSA) is 96.8 Å². The Labute approximate surface area is 167 Å². The molecule has 0 aliphatic heterocycles. The minimum absolute atomic E-state index is 0.153. The molecule has 3 aromatic rings. The Morgan fingerprint density at radius 3 is 2.90 bits per heavy atom. The molecule has 1 amide bonds. The average Bonchev–Trinajstić information content (AvgIpc) is 3.20. The number of pyridine rings is 1. The molecule has 3 aromatic heterocycles. The number of aromatic nitrogens is 5. The van der Waals surface area contributed by atoms with Crippen LogP contribution in [0.4, 0.5) is 0 Å². The van der Waals surface area contributed by atoms with Crippen molar-refractivity contribution >= 4 is 5.91 Å². The lowest BCUT2D eigenvalue weighted by Crippen LogP contribution is -2.51. The summed E-state index contributed by atoms with van der Waals surface area (Å²) in [4.78, 5) is 22.2. The van der Waals surface area contributed by atoms with Crippen molar-refractivity contribution in [3.8, 4) is 5.82 Å². The van der Waals surface area contributed by atoms with Crippen molar-refractivity contribution in [3.05, 3.63) is 65.6 Å². The van der Waals surface area contributed by atoms with Gasteiger partial charge in [-0.1, -0.05) is 6.07 Å². The van der Waals surface area contributed by atoms with Gasteiger partial charge < -0.3 is 5.32 Å². The fourth-order valence-corrected chi connectivity index (χ4v) is 4.85. The van der Waals surface area contributed by atoms with E-state index in [2.05, 4.69) is 20.4 Å². The zero-order valence-corrected chi connectivity index (χ0v) is 15.8. The molecule has 8 nitrogen and oxygen atoms in total. The zero-order valence-electron chi connectivity index (χ0n) is 15.8. The second-order valence-electron chi connectivity index (χ2n) is 8.33. The monoisotopic (exact) mass is 389 g/mol. The van der Waals surface area contributed by atoms with Crippen LogP contribution in [0.1, 0.15) is 59.0 Å². The SMILES string of the molecule is O=C(NC1(c2ccccn2)CCC1)c1nn(-c2c[n+](O)ccn2)c2c1C[C@@H]1C[C@H]21. The maximum absolute atomic E-state index is 13.3. The van der Waals surface area contributed by atoms with Crippen LogP contribution in [0.15, 0.2) is 43.0 Å². The molecule has 8 heteroatoms. The summed E-state index contributed by atoms with van der Waals surface area (Å²) in [5, 5.41) is 17.7. The lowest BCUT2D eigenvalue weighted by atomic mass is 9.74. The molecule has 2 N–H and O–H groups in total. The van der Waals surface area contributed by atoms with Crippen LogP contribution in [0, 0.1) is 5.92 Å². The van der Waals surface area contributed by atoms with Gasteiger partial charge in [-0.05, 0) is 50.2 Å². The Kier molecular flexibility index (Phi) is 3.36. The van der Waals surface area contributed by atoms with E-state index in [9.17, 15) is 10.0 Å². The molecule has 2 fully saturated rings. The minimum Gasteiger partial charge on any atom is -0.340 e. The molecule has 29 heavy (non-hydrogen) atoms. The van der Waals surface area contributed by atoms with Crippen molar-refractivity contribution in [1.29, 1.82) is 0 Å². The Hall–Kier alpha value is -3.29. The van der Waals surface area contributed by atoms with Gasteiger partial charge in [-0.25, -0.2) is 9.67 Å². The van der Waals surface area contributed by atoms with Gasteiger partial charge >= 0.3 is 0 Å². The molecule has 0 spiro atoms. The van der Waals surface area contributed by atoms with E-state index >= 15 is 0 Å². The molecule has 6 rings (SSSR count). The second-order valence-corrected chi connectivity index (χ2v) is 8.33. The fraction of sp³-hybridized carbons (Fsp3) is 0.381. The number of carbonyl (C=O) groups excluding carboxylic acids is 1. The molecule has 146 valence electrons. The van der Waals surface area contributed by atoms with Crippen LogP contribution < -0.4 is 10.0 Å². The van der Waals surface area contributed by atoms with Crippen molar-refractivity contribution < 1.29 is 14.7 Å². The van der Waals surface area contributed by atoms with Crippen molar-refractivity contribution in [2.24, 2.45) is 5.92 Å². The maximum atomic E-state index is 13.3. The molecule has 3 aliphatic rings. The van der Waals surface area contributed by atoms with Gasteiger partial charge in [0.25, 0.3) is 12.1 Å². The van der Waals surface area contributed by atoms with E-state index in [-0.39, 0.29) is 5.91 Å². The van der Waals surface area contributed by atoms with Crippen LogP contribution in [-0.2, 0) is 12.0 Å². The molecule has 0 unspecified atom stereocenters. The van der Waals surface area contributed by atoms with Crippen LogP contribution in [0.2, 0.25) is 0 Å². The van der Waals surface area contributed by atoms with Crippen LogP contribution in [-0.4, -0.2) is 30.9 Å². The van der Waals surface area contributed by atoms with E-state index in [0.717, 1.165) is 53.8 Å². The van der Waals surface area contributed by atoms with E-state index in [0.29, 0.717) is 23.3 Å². The third kappa shape index (κ3) is 2.48. The van der Waals surface area contributed by atoms with Crippen molar-refractivity contribution in [2.75, 3.05) is 0 Å². The van der Waals surface area contributed by atoms with Gasteiger partial charge in [0, 0.05) is 22.4 Å². The molecule has 2 saturated carbocycles. The largest absolute Gasteiger partial charge is 0.340 e. The summed E-state index contributed by atoms with van der Waals surface area (Å²) in [6.07, 6.45) is 11.1. The summed E-state index contributed by atoms with van der Waals surface area (Å²) in [7, 11) is 0. The quantitative estimate of drug-likeness (QED) is 0.523. The normalized spacial score (nSPS) is 23.0. The van der Waals surface area contributed by atoms with Crippen molar-refractivity contribution in [1.82, 2.24) is 25.1 Å². The van der Waals surface area contributed by atoms with Gasteiger partial charge in [-0.3, -0.25) is 15.0 Å². The Morgan fingerprint density at radius 1 is 1.28 bits per heavy atom. The summed E-state index contributed by atoms with van der Waals surface area (Å²) >= 11 is 0. The van der Waals surface area contributed by atoms with Crippen LogP contribution in [0.5, 0.6) is 0 Å². The standard InChI is InChI=1S/C21H20N6O2/c28-20(24-21(5-3-6-21)16-4-1-2-7-22-16)18-15-11-13-10-14(13)19(15)27(25-18)17-12-26(29)9-8-23-17/h1-2,4,7-9,12-14H,3,5-6,10-11H2,(H-,23,24,28,29)/p+1/t13-,14-/m0/s1. The van der Waals surface area contributed by atoms with E-state index in [1.54, 1.807) is 10.9 Å². The maximum Gasteiger partial charge on any atom is 0.272 e.